The van der Waals surface area contributed by atoms with Gasteiger partial charge in [-0.25, -0.2) is 8.42 Å². The highest BCUT2D eigenvalue weighted by atomic mass is 32.2. The molecule has 0 radical (unpaired) electrons. The fraction of sp³-hybridized carbons (Fsp3) is 0.429. The van der Waals surface area contributed by atoms with Crippen molar-refractivity contribution in [3.05, 3.63) is 54.4 Å². The Morgan fingerprint density at radius 2 is 2.00 bits per heavy atom. The van der Waals surface area contributed by atoms with E-state index in [4.69, 9.17) is 4.74 Å². The quantitative estimate of drug-likeness (QED) is 0.738. The van der Waals surface area contributed by atoms with E-state index < -0.39 is 15.6 Å². The summed E-state index contributed by atoms with van der Waals surface area (Å²) < 4.78 is 32.4. The van der Waals surface area contributed by atoms with E-state index in [0.29, 0.717) is 37.2 Å². The zero-order valence-electron chi connectivity index (χ0n) is 16.5. The van der Waals surface area contributed by atoms with Crippen LogP contribution in [0.4, 0.5) is 0 Å². The first-order valence-electron chi connectivity index (χ1n) is 10.0. The zero-order chi connectivity index (χ0) is 21.2. The number of amides is 1. The molecular weight excluding hydrogens is 406 g/mol. The highest BCUT2D eigenvalue weighted by Gasteiger charge is 2.37. The number of ether oxygens (including phenoxy) is 1. The van der Waals surface area contributed by atoms with Crippen molar-refractivity contribution in [1.82, 2.24) is 14.6 Å². The number of aliphatic hydroxyl groups is 1. The molecule has 0 saturated carbocycles. The van der Waals surface area contributed by atoms with Gasteiger partial charge in [-0.1, -0.05) is 18.2 Å². The van der Waals surface area contributed by atoms with Crippen LogP contribution in [0.1, 0.15) is 24.8 Å². The van der Waals surface area contributed by atoms with Gasteiger partial charge < -0.3 is 15.2 Å². The number of benzene rings is 1. The fourth-order valence-electron chi connectivity index (χ4n) is 4.01. The smallest absolute Gasteiger partial charge is 0.244 e. The molecule has 0 spiro atoms. The van der Waals surface area contributed by atoms with Gasteiger partial charge in [0.15, 0.2) is 0 Å². The van der Waals surface area contributed by atoms with Gasteiger partial charge in [-0.05, 0) is 31.0 Å². The van der Waals surface area contributed by atoms with Gasteiger partial charge in [0.2, 0.25) is 15.9 Å². The summed E-state index contributed by atoms with van der Waals surface area (Å²) in [5.41, 5.74) is -0.497. The molecule has 1 fully saturated rings. The third-order valence-corrected chi connectivity index (χ3v) is 7.70. The highest BCUT2D eigenvalue weighted by molar-refractivity contribution is 7.89. The van der Waals surface area contributed by atoms with Crippen LogP contribution in [0.3, 0.4) is 0 Å². The van der Waals surface area contributed by atoms with Crippen LogP contribution < -0.4 is 10.1 Å². The highest BCUT2D eigenvalue weighted by Crippen LogP contribution is 2.36. The molecule has 2 aromatic rings. The summed E-state index contributed by atoms with van der Waals surface area (Å²) >= 11 is 0. The van der Waals surface area contributed by atoms with E-state index in [-0.39, 0.29) is 36.4 Å². The molecule has 3 heterocycles. The number of carbonyl (C=O) groups is 1. The van der Waals surface area contributed by atoms with Crippen LogP contribution in [-0.2, 0) is 20.4 Å². The van der Waals surface area contributed by atoms with Crippen molar-refractivity contribution in [3.8, 4) is 5.75 Å². The Hall–Kier alpha value is -2.49. The van der Waals surface area contributed by atoms with Crippen LogP contribution in [-0.4, -0.2) is 55.0 Å². The Balaban J connectivity index is 1.34. The minimum Gasteiger partial charge on any atom is -0.493 e. The molecule has 1 amide bonds. The van der Waals surface area contributed by atoms with E-state index in [9.17, 15) is 18.3 Å². The molecule has 2 N–H and O–H groups in total. The lowest BCUT2D eigenvalue weighted by Crippen LogP contribution is -2.47. The van der Waals surface area contributed by atoms with Gasteiger partial charge in [0.1, 0.15) is 16.2 Å². The summed E-state index contributed by atoms with van der Waals surface area (Å²) in [4.78, 5) is 16.7. The summed E-state index contributed by atoms with van der Waals surface area (Å²) in [5, 5.41) is 13.9. The molecular formula is C21H25N3O5S. The van der Waals surface area contributed by atoms with E-state index >= 15 is 0 Å². The Bertz CT molecular complexity index is 1010. The lowest BCUT2D eigenvalue weighted by molar-refractivity contribution is -0.127. The molecule has 30 heavy (non-hydrogen) atoms. The molecule has 1 atom stereocenters. The molecule has 2 aliphatic rings. The number of hydrogen-bond donors (Lipinski definition) is 2. The predicted octanol–water partition coefficient (Wildman–Crippen LogP) is 1.27. The Morgan fingerprint density at radius 1 is 1.23 bits per heavy atom. The first-order valence-corrected chi connectivity index (χ1v) is 11.5. The number of rotatable bonds is 5. The third-order valence-electron chi connectivity index (χ3n) is 5.81. The number of fused-ring (bicyclic) bond motifs is 1. The SMILES string of the molecule is O=C(NCC1(O)CCOc2ccccc21)C1CCN(S(=O)(=O)c2cccnc2)CC1. The molecule has 2 aliphatic heterocycles. The van der Waals surface area contributed by atoms with Gasteiger partial charge in [-0.2, -0.15) is 4.31 Å². The maximum absolute atomic E-state index is 12.7. The van der Waals surface area contributed by atoms with E-state index in [2.05, 4.69) is 10.3 Å². The second-order valence-corrected chi connectivity index (χ2v) is 9.65. The van der Waals surface area contributed by atoms with Crippen LogP contribution in [0.2, 0.25) is 0 Å². The maximum atomic E-state index is 12.7. The number of nitrogens with one attached hydrogen (secondary N) is 1. The van der Waals surface area contributed by atoms with Gasteiger partial charge in [0.25, 0.3) is 0 Å². The summed E-state index contributed by atoms with van der Waals surface area (Å²) in [5.74, 6) is 0.185. The van der Waals surface area contributed by atoms with Crippen molar-refractivity contribution in [3.63, 3.8) is 0 Å². The predicted molar refractivity (Wildman–Crippen MR) is 109 cm³/mol. The first kappa shape index (κ1) is 20.8. The fourth-order valence-corrected chi connectivity index (χ4v) is 5.44. The molecule has 1 saturated heterocycles. The molecule has 160 valence electrons. The van der Waals surface area contributed by atoms with Gasteiger partial charge in [0, 0.05) is 43.4 Å². The lowest BCUT2D eigenvalue weighted by Gasteiger charge is -2.35. The Kier molecular flexibility index (Phi) is 5.77. The normalized spacial score (nSPS) is 22.7. The zero-order valence-corrected chi connectivity index (χ0v) is 17.3. The molecule has 4 rings (SSSR count). The third kappa shape index (κ3) is 4.05. The van der Waals surface area contributed by atoms with Gasteiger partial charge in [0.05, 0.1) is 13.2 Å². The Labute approximate surface area is 175 Å². The first-order chi connectivity index (χ1) is 14.4. The average molecular weight is 432 g/mol. The van der Waals surface area contributed by atoms with Gasteiger partial charge >= 0.3 is 0 Å². The van der Waals surface area contributed by atoms with Gasteiger partial charge in [-0.3, -0.25) is 9.78 Å². The topological polar surface area (TPSA) is 109 Å². The van der Waals surface area contributed by atoms with E-state index in [0.717, 1.165) is 0 Å². The molecule has 1 aromatic heterocycles. The summed E-state index contributed by atoms with van der Waals surface area (Å²) in [6.45, 7) is 1.03. The molecule has 1 aromatic carbocycles. The van der Waals surface area contributed by atoms with Crippen LogP contribution in [0.15, 0.2) is 53.7 Å². The summed E-state index contributed by atoms with van der Waals surface area (Å²) in [6.07, 6.45) is 4.12. The van der Waals surface area contributed by atoms with Crippen molar-refractivity contribution in [2.45, 2.75) is 29.8 Å². The minimum atomic E-state index is -3.60. The molecule has 0 aliphatic carbocycles. The number of carbonyl (C=O) groups excluding carboxylic acids is 1. The van der Waals surface area contributed by atoms with Crippen molar-refractivity contribution < 1.29 is 23.1 Å². The van der Waals surface area contributed by atoms with Crippen LogP contribution >= 0.6 is 0 Å². The van der Waals surface area contributed by atoms with Crippen molar-refractivity contribution >= 4 is 15.9 Å². The average Bonchev–Trinajstić information content (AvgIpc) is 2.78. The molecule has 1 unspecified atom stereocenters. The Morgan fingerprint density at radius 3 is 2.73 bits per heavy atom. The van der Waals surface area contributed by atoms with Crippen molar-refractivity contribution in [2.24, 2.45) is 5.92 Å². The van der Waals surface area contributed by atoms with Crippen LogP contribution in [0, 0.1) is 5.92 Å². The van der Waals surface area contributed by atoms with Gasteiger partial charge in [-0.15, -0.1) is 0 Å². The largest absolute Gasteiger partial charge is 0.493 e. The number of piperidine rings is 1. The second kappa shape index (κ2) is 8.33. The summed E-state index contributed by atoms with van der Waals surface area (Å²) in [6, 6.07) is 10.4. The molecule has 0 bridgehead atoms. The number of sulfonamides is 1. The second-order valence-electron chi connectivity index (χ2n) is 7.71. The monoisotopic (exact) mass is 431 g/mol. The molecule has 9 heteroatoms. The van der Waals surface area contributed by atoms with E-state index in [1.807, 2.05) is 18.2 Å². The number of pyridine rings is 1. The minimum absolute atomic E-state index is 0.0976. The maximum Gasteiger partial charge on any atom is 0.244 e. The number of para-hydroxylation sites is 1. The van der Waals surface area contributed by atoms with Crippen LogP contribution in [0.25, 0.3) is 0 Å². The summed E-state index contributed by atoms with van der Waals surface area (Å²) in [7, 11) is -3.60. The van der Waals surface area contributed by atoms with E-state index in [1.165, 1.54) is 22.8 Å². The molecule has 8 nitrogen and oxygen atoms in total. The number of nitrogens with zero attached hydrogens (tertiary/aromatic N) is 2. The van der Waals surface area contributed by atoms with E-state index in [1.54, 1.807) is 12.1 Å². The lowest BCUT2D eigenvalue weighted by atomic mass is 9.87. The van der Waals surface area contributed by atoms with Crippen LogP contribution in [0.5, 0.6) is 5.75 Å². The standard InChI is InChI=1S/C21H25N3O5S/c25-20(23-15-21(26)9-13-29-19-6-2-1-5-18(19)21)16-7-11-24(12-8-16)30(27,28)17-4-3-10-22-14-17/h1-6,10,14,16,26H,7-9,11-13,15H2,(H,23,25). The number of hydrogen-bond acceptors (Lipinski definition) is 6. The van der Waals surface area contributed by atoms with Crippen molar-refractivity contribution in [2.75, 3.05) is 26.2 Å². The number of aromatic nitrogens is 1. The van der Waals surface area contributed by atoms with Crippen molar-refractivity contribution in [1.29, 1.82) is 0 Å².